The number of alkyl halides is 1. The number of hydrogen-bond acceptors (Lipinski definition) is 2. The summed E-state index contributed by atoms with van der Waals surface area (Å²) in [5, 5.41) is 0. The Labute approximate surface area is 178 Å². The first-order valence-electron chi connectivity index (χ1n) is 11.4. The molecular weight excluding hydrogens is 447 g/mol. The molecule has 0 aromatic rings. The van der Waals surface area contributed by atoms with Crippen molar-refractivity contribution in [3.63, 3.8) is 0 Å². The number of carbonyl (C=O) groups excluding carboxylic acids is 1. The van der Waals surface area contributed by atoms with E-state index in [0.29, 0.717) is 10.8 Å². The first kappa shape index (κ1) is 18.9. The molecule has 0 saturated heterocycles. The Balaban J connectivity index is 1.39. The van der Waals surface area contributed by atoms with Gasteiger partial charge in [0, 0.05) is 10.8 Å². The SMILES string of the molecule is CC(=O)O[C@@H]1CC[C@@]2(C)[C@H](CC[C@@H]3[C@@H]2CC[C@]24C=CC[C@H](I)[C@H]2CC[C@@H]34)C1. The molecule has 5 aliphatic carbocycles. The van der Waals surface area contributed by atoms with Crippen LogP contribution in [0.2, 0.25) is 0 Å². The van der Waals surface area contributed by atoms with Crippen LogP contribution in [-0.4, -0.2) is 16.0 Å². The maximum atomic E-state index is 11.4. The van der Waals surface area contributed by atoms with Gasteiger partial charge < -0.3 is 4.74 Å². The van der Waals surface area contributed by atoms with Crippen molar-refractivity contribution in [1.29, 1.82) is 0 Å². The van der Waals surface area contributed by atoms with Crippen LogP contribution in [0.5, 0.6) is 0 Å². The molecular formula is C24H35IO2. The number of rotatable bonds is 1. The second kappa shape index (κ2) is 6.74. The molecule has 0 bridgehead atoms. The highest BCUT2D eigenvalue weighted by molar-refractivity contribution is 14.1. The zero-order valence-corrected chi connectivity index (χ0v) is 19.1. The van der Waals surface area contributed by atoms with E-state index in [4.69, 9.17) is 4.74 Å². The fourth-order valence-electron chi connectivity index (χ4n) is 8.76. The number of ether oxygens (including phenoxy) is 1. The molecule has 4 fully saturated rings. The second-order valence-corrected chi connectivity index (χ2v) is 12.3. The van der Waals surface area contributed by atoms with Gasteiger partial charge in [0.2, 0.25) is 0 Å². The molecule has 27 heavy (non-hydrogen) atoms. The van der Waals surface area contributed by atoms with Gasteiger partial charge in [-0.25, -0.2) is 0 Å². The standard InChI is InChI=1S/C24H35IO2/c1-15(26)27-17-9-12-23(2)16(14-17)5-6-18-19(23)10-13-24-11-3-4-22(25)21(24)8-7-20(18)24/h3,11,16-22H,4-10,12-14H2,1-2H3/t16-,17-,18-,19+,20+,21-,22+,23+,24+/m1/s1. The van der Waals surface area contributed by atoms with Crippen molar-refractivity contribution in [3.05, 3.63) is 12.2 Å². The van der Waals surface area contributed by atoms with Crippen molar-refractivity contribution in [2.75, 3.05) is 0 Å². The lowest BCUT2D eigenvalue weighted by atomic mass is 9.44. The van der Waals surface area contributed by atoms with Crippen LogP contribution in [0.25, 0.3) is 0 Å². The summed E-state index contributed by atoms with van der Waals surface area (Å²) >= 11 is 2.76. The molecule has 5 aliphatic rings. The van der Waals surface area contributed by atoms with Crippen molar-refractivity contribution in [2.45, 2.75) is 88.1 Å². The van der Waals surface area contributed by atoms with Crippen molar-refractivity contribution >= 4 is 28.6 Å². The molecule has 0 heterocycles. The Kier molecular flexibility index (Phi) is 4.72. The summed E-state index contributed by atoms with van der Waals surface area (Å²) in [6.07, 6.45) is 18.8. The van der Waals surface area contributed by atoms with Gasteiger partial charge in [0.1, 0.15) is 6.10 Å². The Morgan fingerprint density at radius 3 is 2.67 bits per heavy atom. The Morgan fingerprint density at radius 2 is 1.85 bits per heavy atom. The highest BCUT2D eigenvalue weighted by Crippen LogP contribution is 2.69. The lowest BCUT2D eigenvalue weighted by Gasteiger charge is -2.61. The number of esters is 1. The molecule has 0 aromatic carbocycles. The minimum absolute atomic E-state index is 0.0914. The number of carbonyl (C=O) groups is 1. The lowest BCUT2D eigenvalue weighted by Crippen LogP contribution is -2.55. The summed E-state index contributed by atoms with van der Waals surface area (Å²) in [5.41, 5.74) is 1.03. The van der Waals surface area contributed by atoms with E-state index in [0.717, 1.165) is 46.4 Å². The van der Waals surface area contributed by atoms with Gasteiger partial charge in [0.05, 0.1) is 0 Å². The molecule has 4 saturated carbocycles. The Morgan fingerprint density at radius 1 is 1.04 bits per heavy atom. The maximum absolute atomic E-state index is 11.4. The van der Waals surface area contributed by atoms with Gasteiger partial charge in [-0.1, -0.05) is 41.7 Å². The van der Waals surface area contributed by atoms with Gasteiger partial charge in [-0.3, -0.25) is 4.79 Å². The van der Waals surface area contributed by atoms with E-state index in [9.17, 15) is 4.79 Å². The third-order valence-electron chi connectivity index (χ3n) is 9.83. The molecule has 2 nitrogen and oxygen atoms in total. The average molecular weight is 482 g/mol. The summed E-state index contributed by atoms with van der Waals surface area (Å²) in [7, 11) is 0. The normalized spacial score (nSPS) is 53.7. The zero-order valence-electron chi connectivity index (χ0n) is 17.0. The minimum Gasteiger partial charge on any atom is -0.463 e. The second-order valence-electron chi connectivity index (χ2n) is 10.7. The fraction of sp³-hybridized carbons (Fsp3) is 0.875. The predicted molar refractivity (Wildman–Crippen MR) is 117 cm³/mol. The number of allylic oxidation sites excluding steroid dienone is 2. The van der Waals surface area contributed by atoms with Crippen molar-refractivity contribution in [2.24, 2.45) is 40.4 Å². The van der Waals surface area contributed by atoms with E-state index in [1.54, 1.807) is 6.92 Å². The van der Waals surface area contributed by atoms with Gasteiger partial charge in [-0.05, 0) is 105 Å². The molecule has 0 aromatic heterocycles. The Hall–Kier alpha value is -0.0600. The van der Waals surface area contributed by atoms with Crippen molar-refractivity contribution < 1.29 is 9.53 Å². The molecule has 0 unspecified atom stereocenters. The van der Waals surface area contributed by atoms with E-state index in [-0.39, 0.29) is 12.1 Å². The molecule has 0 aliphatic heterocycles. The van der Waals surface area contributed by atoms with Crippen molar-refractivity contribution in [1.82, 2.24) is 0 Å². The van der Waals surface area contributed by atoms with Crippen LogP contribution in [0.15, 0.2) is 12.2 Å². The first-order valence-corrected chi connectivity index (χ1v) is 12.7. The van der Waals surface area contributed by atoms with Gasteiger partial charge in [0.15, 0.2) is 0 Å². The summed E-state index contributed by atoms with van der Waals surface area (Å²) in [6, 6.07) is 0. The van der Waals surface area contributed by atoms with Crippen LogP contribution in [-0.2, 0) is 9.53 Å². The molecule has 3 heteroatoms. The van der Waals surface area contributed by atoms with Gasteiger partial charge in [0.25, 0.3) is 0 Å². The Bertz CT molecular complexity index is 644. The average Bonchev–Trinajstić information content (AvgIpc) is 3.03. The van der Waals surface area contributed by atoms with Gasteiger partial charge >= 0.3 is 5.97 Å². The fourth-order valence-corrected chi connectivity index (χ4v) is 10.1. The topological polar surface area (TPSA) is 26.3 Å². The lowest BCUT2D eigenvalue weighted by molar-refractivity contribution is -0.159. The molecule has 1 spiro atoms. The van der Waals surface area contributed by atoms with E-state index < -0.39 is 0 Å². The smallest absolute Gasteiger partial charge is 0.302 e. The van der Waals surface area contributed by atoms with Gasteiger partial charge in [-0.2, -0.15) is 0 Å². The number of hydrogen-bond donors (Lipinski definition) is 0. The highest BCUT2D eigenvalue weighted by Gasteiger charge is 2.62. The van der Waals surface area contributed by atoms with Crippen molar-refractivity contribution in [3.8, 4) is 0 Å². The molecule has 5 rings (SSSR count). The molecule has 150 valence electrons. The molecule has 0 amide bonds. The monoisotopic (exact) mass is 482 g/mol. The van der Waals surface area contributed by atoms with E-state index in [2.05, 4.69) is 41.7 Å². The largest absolute Gasteiger partial charge is 0.463 e. The van der Waals surface area contributed by atoms with Crippen LogP contribution in [0.4, 0.5) is 0 Å². The zero-order chi connectivity index (χ0) is 18.8. The van der Waals surface area contributed by atoms with E-state index >= 15 is 0 Å². The van der Waals surface area contributed by atoms with Crippen LogP contribution < -0.4 is 0 Å². The summed E-state index contributed by atoms with van der Waals surface area (Å²) in [5.74, 6) is 4.42. The highest BCUT2D eigenvalue weighted by atomic mass is 127. The number of fused-ring (bicyclic) bond motifs is 4. The predicted octanol–water partition coefficient (Wildman–Crippen LogP) is 6.32. The quantitative estimate of drug-likeness (QED) is 0.189. The maximum Gasteiger partial charge on any atom is 0.302 e. The van der Waals surface area contributed by atoms with Crippen LogP contribution in [0.3, 0.4) is 0 Å². The van der Waals surface area contributed by atoms with Gasteiger partial charge in [-0.15, -0.1) is 0 Å². The van der Waals surface area contributed by atoms with E-state index in [1.165, 1.54) is 51.4 Å². The van der Waals surface area contributed by atoms with Crippen LogP contribution >= 0.6 is 22.6 Å². The molecule has 0 N–H and O–H groups in total. The third-order valence-corrected chi connectivity index (χ3v) is 11.2. The summed E-state index contributed by atoms with van der Waals surface area (Å²) in [6.45, 7) is 4.18. The van der Waals surface area contributed by atoms with Crippen LogP contribution in [0.1, 0.15) is 78.1 Å². The molecule has 0 radical (unpaired) electrons. The number of halogens is 1. The van der Waals surface area contributed by atoms with E-state index in [1.807, 2.05) is 0 Å². The minimum atomic E-state index is -0.0914. The van der Waals surface area contributed by atoms with Crippen LogP contribution in [0, 0.1) is 40.4 Å². The first-order chi connectivity index (χ1) is 12.9. The summed E-state index contributed by atoms with van der Waals surface area (Å²) in [4.78, 5) is 11.4. The summed E-state index contributed by atoms with van der Waals surface area (Å²) < 4.78 is 6.48. The third kappa shape index (κ3) is 2.79. The molecule has 9 atom stereocenters.